The zero-order valence-electron chi connectivity index (χ0n) is 13.5. The molecule has 2 heterocycles. The molecule has 1 fully saturated rings. The SMILES string of the molecule is COC(=O)c1cn(CCCC2CCCCN2)c2cc(Br)ccc12. The molecule has 0 aliphatic carbocycles. The van der Waals surface area contributed by atoms with Gasteiger partial charge in [0.15, 0.2) is 0 Å². The second-order valence-corrected chi connectivity index (χ2v) is 7.09. The molecule has 3 rings (SSSR count). The molecule has 1 unspecified atom stereocenters. The van der Waals surface area contributed by atoms with Gasteiger partial charge in [-0.1, -0.05) is 28.4 Å². The van der Waals surface area contributed by atoms with Crippen LogP contribution in [0.1, 0.15) is 42.5 Å². The van der Waals surface area contributed by atoms with E-state index in [0.29, 0.717) is 11.6 Å². The van der Waals surface area contributed by atoms with Crippen molar-refractivity contribution in [1.29, 1.82) is 0 Å². The summed E-state index contributed by atoms with van der Waals surface area (Å²) in [5.41, 5.74) is 1.72. The Hall–Kier alpha value is -1.33. The van der Waals surface area contributed by atoms with Crippen LogP contribution in [0.5, 0.6) is 0 Å². The number of aryl methyl sites for hydroxylation is 1. The fraction of sp³-hybridized carbons (Fsp3) is 0.500. The Morgan fingerprint density at radius 1 is 1.43 bits per heavy atom. The topological polar surface area (TPSA) is 43.3 Å². The third kappa shape index (κ3) is 3.78. The molecule has 5 heteroatoms. The number of esters is 1. The largest absolute Gasteiger partial charge is 0.465 e. The minimum Gasteiger partial charge on any atom is -0.465 e. The van der Waals surface area contributed by atoms with Gasteiger partial charge in [-0.3, -0.25) is 0 Å². The summed E-state index contributed by atoms with van der Waals surface area (Å²) in [5, 5.41) is 4.55. The lowest BCUT2D eigenvalue weighted by Gasteiger charge is -2.23. The van der Waals surface area contributed by atoms with Crippen molar-refractivity contribution in [2.45, 2.75) is 44.7 Å². The van der Waals surface area contributed by atoms with Crippen molar-refractivity contribution >= 4 is 32.8 Å². The van der Waals surface area contributed by atoms with Crippen LogP contribution in [0.2, 0.25) is 0 Å². The van der Waals surface area contributed by atoms with E-state index in [-0.39, 0.29) is 5.97 Å². The monoisotopic (exact) mass is 378 g/mol. The van der Waals surface area contributed by atoms with Gasteiger partial charge in [-0.05, 0) is 44.4 Å². The number of piperidine rings is 1. The van der Waals surface area contributed by atoms with Crippen LogP contribution in [0.25, 0.3) is 10.9 Å². The highest BCUT2D eigenvalue weighted by Gasteiger charge is 2.16. The van der Waals surface area contributed by atoms with E-state index in [1.54, 1.807) is 0 Å². The zero-order chi connectivity index (χ0) is 16.2. The second-order valence-electron chi connectivity index (χ2n) is 6.18. The van der Waals surface area contributed by atoms with E-state index in [0.717, 1.165) is 34.9 Å². The summed E-state index contributed by atoms with van der Waals surface area (Å²) in [6.45, 7) is 2.07. The molecule has 0 spiro atoms. The first-order chi connectivity index (χ1) is 11.2. The fourth-order valence-electron chi connectivity index (χ4n) is 3.40. The van der Waals surface area contributed by atoms with Crippen molar-refractivity contribution in [1.82, 2.24) is 9.88 Å². The molecule has 1 atom stereocenters. The molecule has 1 aromatic carbocycles. The van der Waals surface area contributed by atoms with E-state index in [1.807, 2.05) is 18.3 Å². The predicted molar refractivity (Wildman–Crippen MR) is 95.9 cm³/mol. The number of nitrogens with zero attached hydrogens (tertiary/aromatic N) is 1. The van der Waals surface area contributed by atoms with Crippen molar-refractivity contribution in [3.05, 3.63) is 34.4 Å². The normalized spacial score (nSPS) is 18.3. The number of carbonyl (C=O) groups is 1. The molecule has 1 aliphatic heterocycles. The Morgan fingerprint density at radius 2 is 2.30 bits per heavy atom. The zero-order valence-corrected chi connectivity index (χ0v) is 15.1. The van der Waals surface area contributed by atoms with E-state index in [2.05, 4.69) is 31.9 Å². The molecule has 4 nitrogen and oxygen atoms in total. The number of halogens is 1. The standard InChI is InChI=1S/C18H23BrN2O2/c1-23-18(22)16-12-21(17-11-13(19)7-8-15(16)17)10-4-6-14-5-2-3-9-20-14/h7-8,11-12,14,20H,2-6,9-10H2,1H3. The van der Waals surface area contributed by atoms with Crippen molar-refractivity contribution < 1.29 is 9.53 Å². The fourth-order valence-corrected chi connectivity index (χ4v) is 3.75. The predicted octanol–water partition coefficient (Wildman–Crippen LogP) is 4.11. The number of carbonyl (C=O) groups excluding carboxylic acids is 1. The van der Waals surface area contributed by atoms with Crippen molar-refractivity contribution in [3.8, 4) is 0 Å². The van der Waals surface area contributed by atoms with Crippen LogP contribution in [0.15, 0.2) is 28.9 Å². The molecule has 0 bridgehead atoms. The summed E-state index contributed by atoms with van der Waals surface area (Å²) in [6.07, 6.45) is 8.14. The molecular weight excluding hydrogens is 356 g/mol. The van der Waals surface area contributed by atoms with Gasteiger partial charge < -0.3 is 14.6 Å². The summed E-state index contributed by atoms with van der Waals surface area (Å²) < 4.78 is 8.11. The second kappa shape index (κ2) is 7.49. The Balaban J connectivity index is 1.76. The van der Waals surface area contributed by atoms with E-state index < -0.39 is 0 Å². The molecule has 1 aromatic heterocycles. The van der Waals surface area contributed by atoms with Crippen LogP contribution >= 0.6 is 15.9 Å². The third-order valence-electron chi connectivity index (χ3n) is 4.61. The highest BCUT2D eigenvalue weighted by molar-refractivity contribution is 9.10. The maximum atomic E-state index is 12.0. The van der Waals surface area contributed by atoms with Gasteiger partial charge in [-0.25, -0.2) is 4.79 Å². The Morgan fingerprint density at radius 3 is 3.04 bits per heavy atom. The minimum atomic E-state index is -0.273. The van der Waals surface area contributed by atoms with Crippen molar-refractivity contribution in [3.63, 3.8) is 0 Å². The molecule has 23 heavy (non-hydrogen) atoms. The number of nitrogens with one attached hydrogen (secondary N) is 1. The molecule has 0 amide bonds. The van der Waals surface area contributed by atoms with Crippen LogP contribution < -0.4 is 5.32 Å². The number of hydrogen-bond acceptors (Lipinski definition) is 3. The van der Waals surface area contributed by atoms with Crippen LogP contribution in [-0.2, 0) is 11.3 Å². The van der Waals surface area contributed by atoms with Crippen LogP contribution in [0, 0.1) is 0 Å². The summed E-state index contributed by atoms with van der Waals surface area (Å²) >= 11 is 3.52. The quantitative estimate of drug-likeness (QED) is 0.795. The van der Waals surface area contributed by atoms with Crippen molar-refractivity contribution in [2.24, 2.45) is 0 Å². The molecule has 1 aliphatic rings. The van der Waals surface area contributed by atoms with Gasteiger partial charge in [0, 0.05) is 28.6 Å². The van der Waals surface area contributed by atoms with Crippen LogP contribution in [-0.4, -0.2) is 30.2 Å². The van der Waals surface area contributed by atoms with Gasteiger partial charge in [0.05, 0.1) is 18.2 Å². The smallest absolute Gasteiger partial charge is 0.340 e. The van der Waals surface area contributed by atoms with Gasteiger partial charge >= 0.3 is 5.97 Å². The molecule has 2 aromatic rings. The number of benzene rings is 1. The number of fused-ring (bicyclic) bond motifs is 1. The lowest BCUT2D eigenvalue weighted by Crippen LogP contribution is -2.33. The Labute approximate surface area is 145 Å². The van der Waals surface area contributed by atoms with Crippen molar-refractivity contribution in [2.75, 3.05) is 13.7 Å². The average Bonchev–Trinajstić information content (AvgIpc) is 2.93. The summed E-state index contributed by atoms with van der Waals surface area (Å²) in [4.78, 5) is 12.0. The maximum absolute atomic E-state index is 12.0. The van der Waals surface area contributed by atoms with Gasteiger partial charge in [-0.2, -0.15) is 0 Å². The number of ether oxygens (including phenoxy) is 1. The van der Waals surface area contributed by atoms with Gasteiger partial charge in [-0.15, -0.1) is 0 Å². The molecular formula is C18H23BrN2O2. The molecule has 1 saturated heterocycles. The Bertz CT molecular complexity index is 690. The molecule has 0 saturated carbocycles. The summed E-state index contributed by atoms with van der Waals surface area (Å²) in [5.74, 6) is -0.273. The van der Waals surface area contributed by atoms with Gasteiger partial charge in [0.2, 0.25) is 0 Å². The minimum absolute atomic E-state index is 0.273. The van der Waals surface area contributed by atoms with Gasteiger partial charge in [0.1, 0.15) is 0 Å². The lowest BCUT2D eigenvalue weighted by atomic mass is 10.0. The molecule has 124 valence electrons. The number of rotatable bonds is 5. The average molecular weight is 379 g/mol. The summed E-state index contributed by atoms with van der Waals surface area (Å²) in [7, 11) is 1.43. The number of methoxy groups -OCH3 is 1. The van der Waals surface area contributed by atoms with Crippen LogP contribution in [0.3, 0.4) is 0 Å². The first-order valence-electron chi connectivity index (χ1n) is 8.29. The van der Waals surface area contributed by atoms with Gasteiger partial charge in [0.25, 0.3) is 0 Å². The summed E-state index contributed by atoms with van der Waals surface area (Å²) in [6, 6.07) is 6.66. The third-order valence-corrected chi connectivity index (χ3v) is 5.11. The maximum Gasteiger partial charge on any atom is 0.340 e. The molecule has 0 radical (unpaired) electrons. The highest BCUT2D eigenvalue weighted by Crippen LogP contribution is 2.26. The number of aromatic nitrogens is 1. The highest BCUT2D eigenvalue weighted by atomic mass is 79.9. The van der Waals surface area contributed by atoms with E-state index >= 15 is 0 Å². The Kier molecular flexibility index (Phi) is 5.38. The number of hydrogen-bond donors (Lipinski definition) is 1. The van der Waals surface area contributed by atoms with E-state index in [4.69, 9.17) is 4.74 Å². The van der Waals surface area contributed by atoms with E-state index in [1.165, 1.54) is 32.8 Å². The van der Waals surface area contributed by atoms with E-state index in [9.17, 15) is 4.79 Å². The lowest BCUT2D eigenvalue weighted by molar-refractivity contribution is 0.0602. The first kappa shape index (κ1) is 16.5. The van der Waals surface area contributed by atoms with Crippen LogP contribution in [0.4, 0.5) is 0 Å². The first-order valence-corrected chi connectivity index (χ1v) is 9.08. The molecule has 1 N–H and O–H groups in total.